The fourth-order valence-corrected chi connectivity index (χ4v) is 3.39. The molecule has 2 aromatic carbocycles. The van der Waals surface area contributed by atoms with Gasteiger partial charge in [-0.05, 0) is 48.2 Å². The normalized spacial score (nSPS) is 15.3. The van der Waals surface area contributed by atoms with E-state index in [1.807, 2.05) is 0 Å². The molecule has 0 aromatic heterocycles. The van der Waals surface area contributed by atoms with Gasteiger partial charge in [0.05, 0.1) is 11.9 Å². The molecular weight excluding hydrogens is 376 g/mol. The van der Waals surface area contributed by atoms with Gasteiger partial charge < -0.3 is 10.4 Å². The first-order valence-corrected chi connectivity index (χ1v) is 10.3. The van der Waals surface area contributed by atoms with Crippen molar-refractivity contribution in [2.75, 3.05) is 11.0 Å². The molecule has 3 rings (SSSR count). The number of amides is 1. The fourth-order valence-electron chi connectivity index (χ4n) is 2.58. The summed E-state index contributed by atoms with van der Waals surface area (Å²) in [5.41, 5.74) is 1.63. The van der Waals surface area contributed by atoms with Gasteiger partial charge in [-0.15, -0.1) is 0 Å². The van der Waals surface area contributed by atoms with Crippen molar-refractivity contribution in [1.82, 2.24) is 5.32 Å². The van der Waals surface area contributed by atoms with Crippen molar-refractivity contribution in [3.05, 3.63) is 64.2 Å². The average Bonchev–Trinajstić information content (AvgIpc) is 3.31. The summed E-state index contributed by atoms with van der Waals surface area (Å²) < 4.78 is 24.8. The third-order valence-electron chi connectivity index (χ3n) is 4.20. The van der Waals surface area contributed by atoms with E-state index in [9.17, 15) is 18.3 Å². The Bertz CT molecular complexity index is 938. The van der Waals surface area contributed by atoms with Gasteiger partial charge in [0, 0.05) is 22.8 Å². The fraction of sp³-hybridized carbons (Fsp3) is 0.278. The predicted molar refractivity (Wildman–Crippen MR) is 101 cm³/mol. The van der Waals surface area contributed by atoms with Gasteiger partial charge >= 0.3 is 0 Å². The Hall–Kier alpha value is -2.09. The van der Waals surface area contributed by atoms with Crippen LogP contribution in [0.25, 0.3) is 0 Å². The van der Waals surface area contributed by atoms with E-state index in [4.69, 9.17) is 11.6 Å². The maximum atomic E-state index is 12.3. The molecule has 2 aromatic rings. The van der Waals surface area contributed by atoms with Gasteiger partial charge in [0.1, 0.15) is 0 Å². The number of anilines is 1. The molecule has 0 radical (unpaired) electrons. The zero-order chi connectivity index (χ0) is 18.9. The summed E-state index contributed by atoms with van der Waals surface area (Å²) in [5.74, 6) is -0.256. The lowest BCUT2D eigenvalue weighted by molar-refractivity contribution is 0.0950. The number of hydrogen-bond donors (Lipinski definition) is 3. The number of nitrogens with one attached hydrogen (secondary N) is 2. The van der Waals surface area contributed by atoms with E-state index in [1.54, 1.807) is 36.4 Å². The number of hydrogen-bond acceptors (Lipinski definition) is 4. The Balaban J connectivity index is 1.62. The molecule has 1 aliphatic rings. The van der Waals surface area contributed by atoms with Crippen molar-refractivity contribution < 1.29 is 18.3 Å². The molecule has 1 aliphatic carbocycles. The van der Waals surface area contributed by atoms with Crippen LogP contribution in [0.1, 0.15) is 34.3 Å². The molecule has 26 heavy (non-hydrogen) atoms. The van der Waals surface area contributed by atoms with Crippen LogP contribution in [0.15, 0.2) is 42.5 Å². The molecule has 1 amide bonds. The van der Waals surface area contributed by atoms with Crippen LogP contribution in [-0.2, 0) is 22.2 Å². The summed E-state index contributed by atoms with van der Waals surface area (Å²) >= 11 is 6.15. The second-order valence-corrected chi connectivity index (χ2v) is 8.63. The standard InChI is InChI=1S/C18H19ClN2O4S/c1-26(24,25)21-15-7-4-13(16(19)10-15)11-20-17(22)12-2-5-14(6-3-12)18(23)8-9-18/h2-7,10,21,23H,8-9,11H2,1H3,(H,20,22). The number of halogens is 1. The van der Waals surface area contributed by atoms with Gasteiger partial charge in [-0.2, -0.15) is 0 Å². The molecule has 1 saturated carbocycles. The monoisotopic (exact) mass is 394 g/mol. The molecule has 0 saturated heterocycles. The minimum Gasteiger partial charge on any atom is -0.385 e. The van der Waals surface area contributed by atoms with Crippen molar-refractivity contribution in [2.45, 2.75) is 25.0 Å². The van der Waals surface area contributed by atoms with E-state index in [2.05, 4.69) is 10.0 Å². The van der Waals surface area contributed by atoms with Gasteiger partial charge in [-0.25, -0.2) is 8.42 Å². The minimum atomic E-state index is -3.37. The Morgan fingerprint density at radius 3 is 2.38 bits per heavy atom. The van der Waals surface area contributed by atoms with Crippen LogP contribution in [0.2, 0.25) is 5.02 Å². The van der Waals surface area contributed by atoms with E-state index in [0.29, 0.717) is 21.8 Å². The van der Waals surface area contributed by atoms with Crippen LogP contribution in [-0.4, -0.2) is 25.7 Å². The van der Waals surface area contributed by atoms with E-state index >= 15 is 0 Å². The van der Waals surface area contributed by atoms with Crippen molar-refractivity contribution >= 4 is 33.2 Å². The van der Waals surface area contributed by atoms with E-state index in [1.165, 1.54) is 6.07 Å². The number of rotatable bonds is 6. The molecule has 0 heterocycles. The SMILES string of the molecule is CS(=O)(=O)Nc1ccc(CNC(=O)c2ccc(C3(O)CC3)cc2)c(Cl)c1. The summed E-state index contributed by atoms with van der Waals surface area (Å²) in [6.45, 7) is 0.211. The molecule has 8 heteroatoms. The Kier molecular flexibility index (Phi) is 4.96. The highest BCUT2D eigenvalue weighted by molar-refractivity contribution is 7.92. The highest BCUT2D eigenvalue weighted by Crippen LogP contribution is 2.45. The van der Waals surface area contributed by atoms with E-state index < -0.39 is 15.6 Å². The summed E-state index contributed by atoms with van der Waals surface area (Å²) in [6.07, 6.45) is 2.56. The summed E-state index contributed by atoms with van der Waals surface area (Å²) in [6, 6.07) is 11.6. The number of carbonyl (C=O) groups is 1. The van der Waals surface area contributed by atoms with Crippen molar-refractivity contribution in [3.8, 4) is 0 Å². The first-order valence-electron chi connectivity index (χ1n) is 8.04. The second-order valence-electron chi connectivity index (χ2n) is 6.47. The van der Waals surface area contributed by atoms with Gasteiger partial charge in [0.2, 0.25) is 10.0 Å². The van der Waals surface area contributed by atoms with Crippen LogP contribution in [0.4, 0.5) is 5.69 Å². The number of aliphatic hydroxyl groups is 1. The average molecular weight is 395 g/mol. The maximum Gasteiger partial charge on any atom is 0.251 e. The third kappa shape index (κ3) is 4.55. The first kappa shape index (κ1) is 18.7. The number of benzene rings is 2. The second kappa shape index (κ2) is 6.90. The third-order valence-corrected chi connectivity index (χ3v) is 5.16. The van der Waals surface area contributed by atoms with Crippen LogP contribution in [0.5, 0.6) is 0 Å². The highest BCUT2D eigenvalue weighted by atomic mass is 35.5. The summed E-state index contributed by atoms with van der Waals surface area (Å²) in [7, 11) is -3.37. The van der Waals surface area contributed by atoms with Gasteiger partial charge in [0.25, 0.3) is 5.91 Å². The van der Waals surface area contributed by atoms with E-state index in [0.717, 1.165) is 24.7 Å². The molecule has 0 aliphatic heterocycles. The molecule has 0 bridgehead atoms. The Morgan fingerprint density at radius 1 is 1.19 bits per heavy atom. The van der Waals surface area contributed by atoms with Crippen molar-refractivity contribution in [1.29, 1.82) is 0 Å². The Labute approximate surface area is 157 Å². The molecule has 0 unspecified atom stereocenters. The molecule has 6 nitrogen and oxygen atoms in total. The van der Waals surface area contributed by atoms with Gasteiger partial charge in [-0.1, -0.05) is 29.8 Å². The molecular formula is C18H19ClN2O4S. The lowest BCUT2D eigenvalue weighted by Crippen LogP contribution is -2.23. The molecule has 0 spiro atoms. The number of sulfonamides is 1. The minimum absolute atomic E-state index is 0.211. The van der Waals surface area contributed by atoms with Gasteiger partial charge in [0.15, 0.2) is 0 Å². The zero-order valence-electron chi connectivity index (χ0n) is 14.1. The van der Waals surface area contributed by atoms with Crippen LogP contribution in [0.3, 0.4) is 0 Å². The quantitative estimate of drug-likeness (QED) is 0.701. The van der Waals surface area contributed by atoms with Crippen LogP contribution in [0, 0.1) is 0 Å². The molecule has 138 valence electrons. The first-order chi connectivity index (χ1) is 12.2. The molecule has 3 N–H and O–H groups in total. The lowest BCUT2D eigenvalue weighted by Gasteiger charge is -2.11. The highest BCUT2D eigenvalue weighted by Gasteiger charge is 2.41. The topological polar surface area (TPSA) is 95.5 Å². The van der Waals surface area contributed by atoms with Crippen LogP contribution < -0.4 is 10.0 Å². The summed E-state index contributed by atoms with van der Waals surface area (Å²) in [4.78, 5) is 12.3. The van der Waals surface area contributed by atoms with Crippen molar-refractivity contribution in [2.24, 2.45) is 0 Å². The van der Waals surface area contributed by atoms with Gasteiger partial charge in [-0.3, -0.25) is 9.52 Å². The zero-order valence-corrected chi connectivity index (χ0v) is 15.7. The molecule has 0 atom stereocenters. The summed E-state index contributed by atoms with van der Waals surface area (Å²) in [5, 5.41) is 13.2. The lowest BCUT2D eigenvalue weighted by atomic mass is 10.1. The predicted octanol–water partition coefficient (Wildman–Crippen LogP) is 2.62. The van der Waals surface area contributed by atoms with Crippen LogP contribution >= 0.6 is 11.6 Å². The largest absolute Gasteiger partial charge is 0.385 e. The smallest absolute Gasteiger partial charge is 0.251 e. The Morgan fingerprint density at radius 2 is 1.85 bits per heavy atom. The van der Waals surface area contributed by atoms with Crippen molar-refractivity contribution in [3.63, 3.8) is 0 Å². The van der Waals surface area contributed by atoms with E-state index in [-0.39, 0.29) is 12.5 Å². The number of carbonyl (C=O) groups excluding carboxylic acids is 1. The maximum absolute atomic E-state index is 12.3. The molecule has 1 fully saturated rings.